The molecule has 0 aliphatic heterocycles. The molecule has 0 radical (unpaired) electrons. The Hall–Kier alpha value is -1.13. The van der Waals surface area contributed by atoms with Gasteiger partial charge in [0, 0.05) is 23.2 Å². The molecule has 4 heteroatoms. The fourth-order valence-electron chi connectivity index (χ4n) is 2.47. The molecule has 0 amide bonds. The second-order valence-electron chi connectivity index (χ2n) is 4.63. The summed E-state index contributed by atoms with van der Waals surface area (Å²) < 4.78 is 1.97. The molecule has 0 spiro atoms. The quantitative estimate of drug-likeness (QED) is 0.918. The van der Waals surface area contributed by atoms with Crippen molar-refractivity contribution in [2.24, 2.45) is 7.05 Å². The van der Waals surface area contributed by atoms with E-state index >= 15 is 0 Å². The van der Waals surface area contributed by atoms with Crippen molar-refractivity contribution in [3.05, 3.63) is 38.8 Å². The first kappa shape index (κ1) is 13.3. The molecule has 0 aromatic carbocycles. The number of thiophene rings is 1. The Labute approximate surface area is 113 Å². The van der Waals surface area contributed by atoms with Crippen molar-refractivity contribution in [3.8, 4) is 0 Å². The number of hydrogen-bond acceptors (Lipinski definition) is 3. The van der Waals surface area contributed by atoms with Crippen LogP contribution < -0.4 is 5.32 Å². The van der Waals surface area contributed by atoms with Crippen molar-refractivity contribution in [1.82, 2.24) is 15.1 Å². The Kier molecular flexibility index (Phi) is 3.88. The summed E-state index contributed by atoms with van der Waals surface area (Å²) in [5, 5.41) is 10.3. The molecule has 1 atom stereocenters. The van der Waals surface area contributed by atoms with E-state index in [9.17, 15) is 0 Å². The fraction of sp³-hybridized carbons (Fsp3) is 0.500. The summed E-state index contributed by atoms with van der Waals surface area (Å²) in [5.74, 6) is 0. The van der Waals surface area contributed by atoms with Gasteiger partial charge in [-0.3, -0.25) is 4.68 Å². The Morgan fingerprint density at radius 1 is 1.39 bits per heavy atom. The Morgan fingerprint density at radius 2 is 2.11 bits per heavy atom. The summed E-state index contributed by atoms with van der Waals surface area (Å²) in [6.07, 6.45) is 0. The molecule has 2 aromatic rings. The predicted molar refractivity (Wildman–Crippen MR) is 77.3 cm³/mol. The van der Waals surface area contributed by atoms with Crippen molar-refractivity contribution >= 4 is 11.3 Å². The van der Waals surface area contributed by atoms with Gasteiger partial charge in [-0.1, -0.05) is 6.92 Å². The first-order valence-corrected chi connectivity index (χ1v) is 7.21. The molecule has 3 nitrogen and oxygen atoms in total. The lowest BCUT2D eigenvalue weighted by atomic mass is 9.97. The van der Waals surface area contributed by atoms with Gasteiger partial charge in [0.2, 0.25) is 0 Å². The van der Waals surface area contributed by atoms with Gasteiger partial charge in [0.1, 0.15) is 0 Å². The molecule has 0 saturated carbocycles. The van der Waals surface area contributed by atoms with Gasteiger partial charge in [-0.2, -0.15) is 5.10 Å². The van der Waals surface area contributed by atoms with Crippen LogP contribution in [-0.4, -0.2) is 16.3 Å². The van der Waals surface area contributed by atoms with Crippen LogP contribution in [0.15, 0.2) is 11.4 Å². The van der Waals surface area contributed by atoms with E-state index in [1.807, 2.05) is 11.7 Å². The number of nitrogens with zero attached hydrogens (tertiary/aromatic N) is 2. The lowest BCUT2D eigenvalue weighted by Gasteiger charge is -2.19. The molecule has 2 rings (SSSR count). The monoisotopic (exact) mass is 263 g/mol. The molecule has 98 valence electrons. The van der Waals surface area contributed by atoms with Crippen molar-refractivity contribution in [3.63, 3.8) is 0 Å². The third-order valence-corrected chi connectivity index (χ3v) is 4.33. The Bertz CT molecular complexity index is 539. The third kappa shape index (κ3) is 2.22. The van der Waals surface area contributed by atoms with E-state index in [0.29, 0.717) is 0 Å². The second kappa shape index (κ2) is 5.24. The largest absolute Gasteiger partial charge is 0.306 e. The summed E-state index contributed by atoms with van der Waals surface area (Å²) in [6, 6.07) is 2.48. The SMILES string of the molecule is CCNC(c1ccsc1C)c1c(C)nn(C)c1C. The number of hydrogen-bond donors (Lipinski definition) is 1. The zero-order chi connectivity index (χ0) is 13.3. The minimum Gasteiger partial charge on any atom is -0.306 e. The zero-order valence-corrected chi connectivity index (χ0v) is 12.6. The van der Waals surface area contributed by atoms with Gasteiger partial charge in [-0.15, -0.1) is 11.3 Å². The highest BCUT2D eigenvalue weighted by molar-refractivity contribution is 7.10. The lowest BCUT2D eigenvalue weighted by Crippen LogP contribution is -2.23. The van der Waals surface area contributed by atoms with E-state index in [1.165, 1.54) is 21.7 Å². The van der Waals surface area contributed by atoms with Gasteiger partial charge in [0.15, 0.2) is 0 Å². The number of aromatic nitrogens is 2. The maximum atomic E-state index is 4.53. The highest BCUT2D eigenvalue weighted by atomic mass is 32.1. The van der Waals surface area contributed by atoms with E-state index in [4.69, 9.17) is 0 Å². The predicted octanol–water partition coefficient (Wildman–Crippen LogP) is 3.11. The van der Waals surface area contributed by atoms with Crippen molar-refractivity contribution < 1.29 is 0 Å². The normalized spacial score (nSPS) is 12.9. The molecule has 1 unspecified atom stereocenters. The number of aryl methyl sites for hydroxylation is 3. The topological polar surface area (TPSA) is 29.9 Å². The summed E-state index contributed by atoms with van der Waals surface area (Å²) in [4.78, 5) is 1.38. The highest BCUT2D eigenvalue weighted by Crippen LogP contribution is 2.31. The van der Waals surface area contributed by atoms with E-state index in [2.05, 4.69) is 49.6 Å². The number of rotatable bonds is 4. The van der Waals surface area contributed by atoms with Crippen LogP contribution in [0.4, 0.5) is 0 Å². The average molecular weight is 263 g/mol. The molecular weight excluding hydrogens is 242 g/mol. The lowest BCUT2D eigenvalue weighted by molar-refractivity contribution is 0.622. The van der Waals surface area contributed by atoms with E-state index in [1.54, 1.807) is 11.3 Å². The molecular formula is C14H21N3S. The average Bonchev–Trinajstić information content (AvgIpc) is 2.83. The first-order chi connectivity index (χ1) is 8.56. The molecule has 1 N–H and O–H groups in total. The Morgan fingerprint density at radius 3 is 2.56 bits per heavy atom. The summed E-state index contributed by atoms with van der Waals surface area (Å²) >= 11 is 1.80. The first-order valence-electron chi connectivity index (χ1n) is 6.33. The number of nitrogens with one attached hydrogen (secondary N) is 1. The van der Waals surface area contributed by atoms with Gasteiger partial charge in [-0.25, -0.2) is 0 Å². The van der Waals surface area contributed by atoms with Crippen molar-refractivity contribution in [1.29, 1.82) is 0 Å². The van der Waals surface area contributed by atoms with Crippen LogP contribution in [0.2, 0.25) is 0 Å². The molecule has 0 fully saturated rings. The standard InChI is InChI=1S/C14H21N3S/c1-6-15-14(12-7-8-18-11(12)4)13-9(2)16-17(5)10(13)3/h7-8,14-15H,6H2,1-5H3. The zero-order valence-electron chi connectivity index (χ0n) is 11.7. The van der Waals surface area contributed by atoms with Gasteiger partial charge in [0.25, 0.3) is 0 Å². The maximum Gasteiger partial charge on any atom is 0.0647 e. The van der Waals surface area contributed by atoms with Gasteiger partial charge in [0.05, 0.1) is 11.7 Å². The molecule has 18 heavy (non-hydrogen) atoms. The minimum atomic E-state index is 0.259. The summed E-state index contributed by atoms with van der Waals surface area (Å²) in [5.41, 5.74) is 5.05. The van der Waals surface area contributed by atoms with Crippen molar-refractivity contribution in [2.45, 2.75) is 33.7 Å². The second-order valence-corrected chi connectivity index (χ2v) is 5.75. The third-order valence-electron chi connectivity index (χ3n) is 3.47. The van der Waals surface area contributed by atoms with Crippen LogP contribution in [0.25, 0.3) is 0 Å². The molecule has 0 saturated heterocycles. The van der Waals surface area contributed by atoms with Crippen LogP contribution in [0, 0.1) is 20.8 Å². The summed E-state index contributed by atoms with van der Waals surface area (Å²) in [6.45, 7) is 9.52. The van der Waals surface area contributed by atoms with Crippen LogP contribution in [0.3, 0.4) is 0 Å². The van der Waals surface area contributed by atoms with Crippen LogP contribution >= 0.6 is 11.3 Å². The Balaban J connectivity index is 2.51. The fourth-order valence-corrected chi connectivity index (χ4v) is 3.21. The highest BCUT2D eigenvalue weighted by Gasteiger charge is 2.22. The minimum absolute atomic E-state index is 0.259. The molecule has 0 aliphatic rings. The molecule has 0 aliphatic carbocycles. The van der Waals surface area contributed by atoms with E-state index in [0.717, 1.165) is 12.2 Å². The van der Waals surface area contributed by atoms with Crippen molar-refractivity contribution in [2.75, 3.05) is 6.54 Å². The van der Waals surface area contributed by atoms with Crippen LogP contribution in [0.5, 0.6) is 0 Å². The van der Waals surface area contributed by atoms with E-state index in [-0.39, 0.29) is 6.04 Å². The smallest absolute Gasteiger partial charge is 0.0647 e. The van der Waals surface area contributed by atoms with Crippen LogP contribution in [0.1, 0.15) is 40.4 Å². The molecule has 2 aromatic heterocycles. The van der Waals surface area contributed by atoms with Crippen LogP contribution in [-0.2, 0) is 7.05 Å². The summed E-state index contributed by atoms with van der Waals surface area (Å²) in [7, 11) is 2.01. The van der Waals surface area contributed by atoms with Gasteiger partial charge < -0.3 is 5.32 Å². The molecule has 2 heterocycles. The molecule has 0 bridgehead atoms. The van der Waals surface area contributed by atoms with Gasteiger partial charge >= 0.3 is 0 Å². The van der Waals surface area contributed by atoms with Gasteiger partial charge in [-0.05, 0) is 44.3 Å². The maximum absolute atomic E-state index is 4.53. The van der Waals surface area contributed by atoms with E-state index < -0.39 is 0 Å².